The van der Waals surface area contributed by atoms with Gasteiger partial charge in [-0.3, -0.25) is 0 Å². The lowest BCUT2D eigenvalue weighted by molar-refractivity contribution is -0.159. The van der Waals surface area contributed by atoms with Crippen LogP contribution in [-0.2, 0) is 24.3 Å². The summed E-state index contributed by atoms with van der Waals surface area (Å²) in [7, 11) is -2.37. The second kappa shape index (κ2) is 12.2. The third-order valence-corrected chi connectivity index (χ3v) is 9.05. The fourth-order valence-electron chi connectivity index (χ4n) is 5.09. The Morgan fingerprint density at radius 2 is 1.77 bits per heavy atom. The maximum Gasteiger partial charge on any atom is 0.344 e. The number of rotatable bonds is 8. The van der Waals surface area contributed by atoms with Gasteiger partial charge in [-0.1, -0.05) is 40.0 Å². The Kier molecular flexibility index (Phi) is 9.58. The molecule has 0 amide bonds. The molecule has 1 saturated carbocycles. The van der Waals surface area contributed by atoms with Crippen molar-refractivity contribution in [2.75, 3.05) is 26.8 Å². The Hall–Kier alpha value is -2.13. The highest BCUT2D eigenvalue weighted by Crippen LogP contribution is 2.35. The van der Waals surface area contributed by atoms with Crippen LogP contribution in [0.4, 0.5) is 0 Å². The fraction of sp³-hybridized carbons (Fsp3) is 0.692. The normalized spacial score (nSPS) is 24.0. The van der Waals surface area contributed by atoms with Crippen molar-refractivity contribution < 1.29 is 32.2 Å². The summed E-state index contributed by atoms with van der Waals surface area (Å²) < 4.78 is 44.0. The van der Waals surface area contributed by atoms with E-state index in [1.807, 2.05) is 0 Å². The number of carbonyl (C=O) groups is 2. The van der Waals surface area contributed by atoms with Crippen molar-refractivity contribution in [3.63, 3.8) is 0 Å². The van der Waals surface area contributed by atoms with E-state index < -0.39 is 28.6 Å². The summed E-state index contributed by atoms with van der Waals surface area (Å²) in [5, 5.41) is 0. The summed E-state index contributed by atoms with van der Waals surface area (Å²) in [6.45, 7) is 6.77. The number of nitrogens with zero attached hydrogens (tertiary/aromatic N) is 1. The third kappa shape index (κ3) is 6.97. The first-order valence-corrected chi connectivity index (χ1v) is 14.1. The molecule has 3 atom stereocenters. The smallest absolute Gasteiger partial charge is 0.344 e. The van der Waals surface area contributed by atoms with Crippen LogP contribution in [0.2, 0.25) is 0 Å². The van der Waals surface area contributed by atoms with E-state index in [1.54, 1.807) is 0 Å². The minimum Gasteiger partial charge on any atom is -0.496 e. The van der Waals surface area contributed by atoms with E-state index in [0.717, 1.165) is 44.9 Å². The number of hydrogen-bond acceptors (Lipinski definition) is 7. The number of esters is 2. The van der Waals surface area contributed by atoms with Crippen LogP contribution in [0, 0.1) is 17.8 Å². The fourth-order valence-corrected chi connectivity index (χ4v) is 6.64. The summed E-state index contributed by atoms with van der Waals surface area (Å²) in [4.78, 5) is 25.4. The minimum atomic E-state index is -3.76. The van der Waals surface area contributed by atoms with E-state index >= 15 is 0 Å². The first-order valence-electron chi connectivity index (χ1n) is 12.7. The van der Waals surface area contributed by atoms with Gasteiger partial charge >= 0.3 is 11.9 Å². The van der Waals surface area contributed by atoms with E-state index in [0.29, 0.717) is 24.9 Å². The molecule has 2 aliphatic rings. The van der Waals surface area contributed by atoms with Gasteiger partial charge in [-0.25, -0.2) is 18.0 Å². The Morgan fingerprint density at radius 3 is 2.40 bits per heavy atom. The van der Waals surface area contributed by atoms with E-state index in [9.17, 15) is 18.0 Å². The number of ether oxygens (including phenoxy) is 3. The van der Waals surface area contributed by atoms with Crippen LogP contribution in [-0.4, -0.2) is 57.6 Å². The molecule has 1 aliphatic carbocycles. The lowest BCUT2D eigenvalue weighted by atomic mass is 9.75. The molecular formula is C26H39NO7S. The predicted molar refractivity (Wildman–Crippen MR) is 132 cm³/mol. The molecule has 1 aromatic carbocycles. The average Bonchev–Trinajstić information content (AvgIpc) is 3.12. The van der Waals surface area contributed by atoms with Gasteiger partial charge in [-0.15, -0.1) is 0 Å². The molecule has 196 valence electrons. The second-order valence-corrected chi connectivity index (χ2v) is 12.0. The van der Waals surface area contributed by atoms with E-state index in [4.69, 9.17) is 14.2 Å². The van der Waals surface area contributed by atoms with Crippen molar-refractivity contribution in [2.45, 2.75) is 76.7 Å². The van der Waals surface area contributed by atoms with Crippen molar-refractivity contribution in [1.82, 2.24) is 4.31 Å². The van der Waals surface area contributed by atoms with Crippen molar-refractivity contribution in [1.29, 1.82) is 0 Å². The first kappa shape index (κ1) is 27.5. The largest absolute Gasteiger partial charge is 0.496 e. The minimum absolute atomic E-state index is 0.00527. The average molecular weight is 510 g/mol. The van der Waals surface area contributed by atoms with Crippen LogP contribution in [0.15, 0.2) is 23.1 Å². The standard InChI is InChI=1S/C26H39NO7S/c1-18(2)21-11-9-19(3)15-24(21)34-25(28)17-33-26(29)22-16-20(10-12-23(22)32-4)35(30,31)27-13-7-5-6-8-14-27/h10,12,16,18-19,21,24H,5-9,11,13-15,17H2,1-4H3. The van der Waals surface area contributed by atoms with Gasteiger partial charge in [0.05, 0.1) is 12.0 Å². The maximum absolute atomic E-state index is 13.2. The van der Waals surface area contributed by atoms with Gasteiger partial charge in [-0.05, 0) is 61.6 Å². The molecule has 0 spiro atoms. The van der Waals surface area contributed by atoms with Crippen molar-refractivity contribution in [2.24, 2.45) is 17.8 Å². The molecule has 0 radical (unpaired) electrons. The Bertz CT molecular complexity index is 983. The lowest BCUT2D eigenvalue weighted by Crippen LogP contribution is -2.36. The summed E-state index contributed by atoms with van der Waals surface area (Å²) in [5.41, 5.74) is -0.0393. The van der Waals surface area contributed by atoms with Crippen LogP contribution in [0.1, 0.15) is 76.1 Å². The molecule has 3 unspecified atom stereocenters. The molecule has 1 saturated heterocycles. The van der Waals surface area contributed by atoms with E-state index in [1.165, 1.54) is 29.6 Å². The number of hydrogen-bond donors (Lipinski definition) is 0. The SMILES string of the molecule is COc1ccc(S(=O)(=O)N2CCCCCC2)cc1C(=O)OCC(=O)OC1CC(C)CCC1C(C)C. The van der Waals surface area contributed by atoms with Crippen LogP contribution in [0.25, 0.3) is 0 Å². The molecule has 35 heavy (non-hydrogen) atoms. The molecule has 1 heterocycles. The highest BCUT2D eigenvalue weighted by molar-refractivity contribution is 7.89. The van der Waals surface area contributed by atoms with Gasteiger partial charge in [0, 0.05) is 13.1 Å². The van der Waals surface area contributed by atoms with Crippen LogP contribution in [0.5, 0.6) is 5.75 Å². The highest BCUT2D eigenvalue weighted by atomic mass is 32.2. The molecule has 0 bridgehead atoms. The summed E-state index contributed by atoms with van der Waals surface area (Å²) >= 11 is 0. The predicted octanol–water partition coefficient (Wildman–Crippen LogP) is 4.42. The van der Waals surface area contributed by atoms with E-state index in [2.05, 4.69) is 20.8 Å². The molecule has 0 aromatic heterocycles. The molecule has 8 nitrogen and oxygen atoms in total. The quantitative estimate of drug-likeness (QED) is 0.478. The van der Waals surface area contributed by atoms with Crippen LogP contribution >= 0.6 is 0 Å². The van der Waals surface area contributed by atoms with Gasteiger partial charge in [0.25, 0.3) is 0 Å². The van der Waals surface area contributed by atoms with Gasteiger partial charge in [-0.2, -0.15) is 4.31 Å². The summed E-state index contributed by atoms with van der Waals surface area (Å²) in [6.07, 6.45) is 6.34. The second-order valence-electron chi connectivity index (χ2n) is 10.1. The van der Waals surface area contributed by atoms with Gasteiger partial charge in [0.2, 0.25) is 10.0 Å². The van der Waals surface area contributed by atoms with Crippen molar-refractivity contribution in [3.05, 3.63) is 23.8 Å². The zero-order chi connectivity index (χ0) is 25.6. The summed E-state index contributed by atoms with van der Waals surface area (Å²) in [5.74, 6) is -0.102. The van der Waals surface area contributed by atoms with Gasteiger partial charge in [0.15, 0.2) is 6.61 Å². The lowest BCUT2D eigenvalue weighted by Gasteiger charge is -2.36. The third-order valence-electron chi connectivity index (χ3n) is 7.16. The molecule has 0 N–H and O–H groups in total. The maximum atomic E-state index is 13.2. The molecular weight excluding hydrogens is 470 g/mol. The molecule has 1 aromatic rings. The van der Waals surface area contributed by atoms with Gasteiger partial charge < -0.3 is 14.2 Å². The number of carbonyl (C=O) groups excluding carboxylic acids is 2. The Labute approximate surface area is 209 Å². The zero-order valence-electron chi connectivity index (χ0n) is 21.3. The number of methoxy groups -OCH3 is 1. The zero-order valence-corrected chi connectivity index (χ0v) is 22.1. The molecule has 2 fully saturated rings. The monoisotopic (exact) mass is 509 g/mol. The first-order chi connectivity index (χ1) is 16.6. The number of sulfonamides is 1. The number of benzene rings is 1. The Balaban J connectivity index is 1.68. The van der Waals surface area contributed by atoms with Gasteiger partial charge in [0.1, 0.15) is 17.4 Å². The summed E-state index contributed by atoms with van der Waals surface area (Å²) in [6, 6.07) is 4.14. The molecule has 3 rings (SSSR count). The molecule has 1 aliphatic heterocycles. The van der Waals surface area contributed by atoms with E-state index in [-0.39, 0.29) is 28.2 Å². The molecule has 9 heteroatoms. The van der Waals surface area contributed by atoms with Crippen LogP contribution < -0.4 is 4.74 Å². The van der Waals surface area contributed by atoms with Crippen molar-refractivity contribution in [3.8, 4) is 5.75 Å². The Morgan fingerprint density at radius 1 is 1.09 bits per heavy atom. The van der Waals surface area contributed by atoms with Crippen LogP contribution in [0.3, 0.4) is 0 Å². The van der Waals surface area contributed by atoms with Crippen molar-refractivity contribution >= 4 is 22.0 Å². The highest BCUT2D eigenvalue weighted by Gasteiger charge is 2.34. The topological polar surface area (TPSA) is 99.2 Å².